The van der Waals surface area contributed by atoms with E-state index in [1.54, 1.807) is 78.9 Å². The smallest absolute Gasteiger partial charge is 0.298 e. The number of nitrogen functional groups attached to an aromatic ring is 2. The summed E-state index contributed by atoms with van der Waals surface area (Å²) in [6, 6.07) is 13.6. The number of aromatic nitrogens is 12. The van der Waals surface area contributed by atoms with Crippen LogP contribution in [0.4, 0.5) is 57.1 Å². The summed E-state index contributed by atoms with van der Waals surface area (Å²) in [6.45, 7) is 22.2. The molecular formula is C59H83N29O7+2. The van der Waals surface area contributed by atoms with E-state index in [-0.39, 0.29) is 62.7 Å². The summed E-state index contributed by atoms with van der Waals surface area (Å²) in [5.41, 5.74) is 19.4. The molecule has 0 aromatic carbocycles. The van der Waals surface area contributed by atoms with Gasteiger partial charge in [0.1, 0.15) is 43.0 Å². The number of hydrazine groups is 1. The maximum atomic E-state index is 12.2. The molecule has 0 aliphatic carbocycles. The first-order valence-corrected chi connectivity index (χ1v) is 30.9. The maximum Gasteiger partial charge on any atom is 0.298 e. The van der Waals surface area contributed by atoms with E-state index in [0.717, 1.165) is 26.1 Å². The van der Waals surface area contributed by atoms with Gasteiger partial charge in [-0.05, 0) is 98.2 Å². The molecule has 11 rings (SSSR count). The molecule has 3 aliphatic rings. The summed E-state index contributed by atoms with van der Waals surface area (Å²) >= 11 is 0. The van der Waals surface area contributed by atoms with Gasteiger partial charge in [-0.25, -0.2) is 42.2 Å². The maximum absolute atomic E-state index is 12.2. The minimum absolute atomic E-state index is 0.0276. The first-order valence-electron chi connectivity index (χ1n) is 30.9. The van der Waals surface area contributed by atoms with Crippen molar-refractivity contribution in [3.05, 3.63) is 140 Å². The highest BCUT2D eigenvalue weighted by Gasteiger charge is 2.47. The minimum Gasteiger partial charge on any atom is -0.492 e. The summed E-state index contributed by atoms with van der Waals surface area (Å²) in [6.07, 6.45) is 14.3. The monoisotopic (exact) mass is 1310 g/mol. The third kappa shape index (κ3) is 16.9. The van der Waals surface area contributed by atoms with Gasteiger partial charge in [-0.3, -0.25) is 48.3 Å². The van der Waals surface area contributed by atoms with Gasteiger partial charge in [0.2, 0.25) is 29.1 Å². The number of carbonyl (C=O) groups excluding carboxylic acids is 1. The van der Waals surface area contributed by atoms with Crippen LogP contribution < -0.4 is 53.9 Å². The normalized spacial score (nSPS) is 15.3. The van der Waals surface area contributed by atoms with Crippen LogP contribution in [0.15, 0.2) is 173 Å². The Bertz CT molecular complexity index is 4100. The molecule has 3 aliphatic heterocycles. The van der Waals surface area contributed by atoms with Crippen molar-refractivity contribution in [2.45, 2.75) is 126 Å². The zero-order valence-corrected chi connectivity index (χ0v) is 54.9. The number of guanidine groups is 1. The van der Waals surface area contributed by atoms with Crippen LogP contribution in [0, 0.1) is 0 Å². The molecule has 1 amide bonds. The summed E-state index contributed by atoms with van der Waals surface area (Å²) in [7, 11) is 3.76. The van der Waals surface area contributed by atoms with Crippen LogP contribution in [0.1, 0.15) is 61.8 Å². The molecule has 2 fully saturated rings. The second-order valence-electron chi connectivity index (χ2n) is 20.7. The molecule has 36 nitrogen and oxygen atoms in total. The van der Waals surface area contributed by atoms with Crippen molar-refractivity contribution >= 4 is 69.0 Å². The number of fused-ring (bicyclic) bond motifs is 1. The van der Waals surface area contributed by atoms with Gasteiger partial charge in [-0.2, -0.15) is 10.1 Å². The van der Waals surface area contributed by atoms with Crippen molar-refractivity contribution < 1.29 is 24.1 Å². The Kier molecular flexibility index (Phi) is 25.4. The van der Waals surface area contributed by atoms with Gasteiger partial charge < -0.3 is 32.7 Å². The Balaban J connectivity index is 0.000000168. The summed E-state index contributed by atoms with van der Waals surface area (Å²) in [5, 5.41) is 66.2. The number of hydrogen-bond acceptors (Lipinski definition) is 25. The molecule has 2 unspecified atom stereocenters. The highest BCUT2D eigenvalue weighted by molar-refractivity contribution is 5.86. The number of aliphatic imine (C=N–C) groups is 1. The van der Waals surface area contributed by atoms with Gasteiger partial charge in [0.15, 0.2) is 53.8 Å². The number of pyridine rings is 4. The largest absolute Gasteiger partial charge is 0.492 e. The lowest BCUT2D eigenvalue weighted by Gasteiger charge is -2.20. The Labute approximate surface area is 545 Å². The Morgan fingerprint density at radius 2 is 0.905 bits per heavy atom. The number of nitrogens with two attached hydrogens (primary N) is 3. The summed E-state index contributed by atoms with van der Waals surface area (Å²) in [4.78, 5) is 72.3. The molecule has 8 aromatic rings. The highest BCUT2D eigenvalue weighted by Crippen LogP contribution is 2.29. The van der Waals surface area contributed by atoms with Gasteiger partial charge in [0, 0.05) is 96.5 Å². The van der Waals surface area contributed by atoms with Crippen LogP contribution in [-0.4, -0.2) is 118 Å². The zero-order chi connectivity index (χ0) is 68.9. The number of azo groups is 5. The fourth-order valence-electron chi connectivity index (χ4n) is 10.1. The lowest BCUT2D eigenvalue weighted by Crippen LogP contribution is -2.43. The van der Waals surface area contributed by atoms with E-state index >= 15 is 0 Å². The van der Waals surface area contributed by atoms with Crippen LogP contribution in [0.25, 0.3) is 0 Å². The highest BCUT2D eigenvalue weighted by atomic mass is 16.3. The lowest BCUT2D eigenvalue weighted by atomic mass is 10.2. The van der Waals surface area contributed by atoms with E-state index in [1.165, 1.54) is 24.9 Å². The topological polar surface area (TPSA) is 431 Å². The van der Waals surface area contributed by atoms with Gasteiger partial charge in [-0.15, -0.1) is 46.0 Å². The first-order chi connectivity index (χ1) is 45.8. The number of hydrogen-bond donors (Lipinski definition) is 6. The quantitative estimate of drug-likeness (QED) is 0.0453. The van der Waals surface area contributed by atoms with Crippen LogP contribution in [0.5, 0.6) is 11.8 Å². The fraction of sp³-hybridized carbons (Fsp3) is 0.424. The molecule has 8 aromatic heterocycles. The summed E-state index contributed by atoms with van der Waals surface area (Å²) in [5.74, 6) is 0.806. The Hall–Kier alpha value is -11.3. The molecule has 0 radical (unpaired) electrons. The first kappa shape index (κ1) is 71.1. The molecule has 2 saturated heterocycles. The zero-order valence-electron chi connectivity index (χ0n) is 54.9. The standard InChI is InChI=1S/C13H18N6O.C13H17N5O2.C12H16N6O.C12H15N5O2.C9H15N7O/c1-4-18-12(14)11(13(20)19(18)5-2)16-15-10-7-6-8-17(3)9-10;1-4-17-12(19)11(13(20)18(17)5-2)15-14-10-7-6-8-16(3)9-10;1-3-17-11(13)10(12(19)18(17)4-2)16-15-9-6-5-7-14-8-9;1-3-16-11(18)10(12(19)17(16)4-2)15-14-9-6-5-7-13-8-9;10-7-6(13-14-9-11-2-3-12-9)8(17)16-5-1-4-15(7)16/h6-9H,4-5H2,1-3H3,(H-,14,15,20);6-9H,4-5H2,1-3H3;5-8H,3-4,13H2,1-2H3;5-8,18H,3-4H2,1-2H3;6-7H,1-5,10H2,(H,11,12)/p+2. The molecule has 36 heteroatoms. The van der Waals surface area contributed by atoms with Crippen molar-refractivity contribution in [2.24, 2.45) is 76.0 Å². The second kappa shape index (κ2) is 33.9. The van der Waals surface area contributed by atoms with Gasteiger partial charge in [0.05, 0.1) is 18.9 Å². The third-order valence-electron chi connectivity index (χ3n) is 14.6. The van der Waals surface area contributed by atoms with E-state index in [2.05, 4.69) is 71.4 Å². The van der Waals surface area contributed by atoms with Crippen molar-refractivity contribution in [2.75, 3.05) is 37.6 Å². The van der Waals surface area contributed by atoms with E-state index in [1.807, 2.05) is 120 Å². The van der Waals surface area contributed by atoms with E-state index in [9.17, 15) is 34.2 Å². The fourth-order valence-corrected chi connectivity index (χ4v) is 10.1. The molecule has 0 bridgehead atoms. The predicted octanol–water partition coefficient (Wildman–Crippen LogP) is 5.95. The van der Waals surface area contributed by atoms with E-state index in [4.69, 9.17) is 17.2 Å². The van der Waals surface area contributed by atoms with Crippen LogP contribution in [0.3, 0.4) is 0 Å². The number of anilines is 2. The molecule has 95 heavy (non-hydrogen) atoms. The lowest BCUT2D eigenvalue weighted by molar-refractivity contribution is -0.671. The van der Waals surface area contributed by atoms with Crippen molar-refractivity contribution in [3.63, 3.8) is 0 Å². The average molecular weight is 1310 g/mol. The van der Waals surface area contributed by atoms with Crippen molar-refractivity contribution in [3.8, 4) is 11.8 Å². The van der Waals surface area contributed by atoms with Crippen LogP contribution >= 0.6 is 0 Å². The molecule has 0 spiro atoms. The SMILES string of the molecule is CCn1c(N)c(N=Nc2ccc[n+](C)c2)c(=O)n1CC.CCn1c(N)c(N=Nc2cccnc2)c(=O)n1CC.CCn1c(O)c(N=Nc2ccc[n+](C)c2)c(=O)n1CC.CCn1c(O)c(N=Nc2cccnc2)c(=O)n1CC.NC1C(N=NC2=NCCN2)C(=O)N2CCCN12. The summed E-state index contributed by atoms with van der Waals surface area (Å²) < 4.78 is 16.0. The van der Waals surface area contributed by atoms with Crippen molar-refractivity contribution in [1.82, 2.24) is 62.8 Å². The molecular weight excluding hydrogens is 1230 g/mol. The van der Waals surface area contributed by atoms with E-state index in [0.29, 0.717) is 99.2 Å². The molecule has 11 heterocycles. The number of nitrogens with zero attached hydrogens (tertiary/aromatic N) is 25. The van der Waals surface area contributed by atoms with Crippen molar-refractivity contribution in [1.29, 1.82) is 0 Å². The number of nitrogens with one attached hydrogen (secondary N) is 1. The van der Waals surface area contributed by atoms with E-state index < -0.39 is 12.2 Å². The van der Waals surface area contributed by atoms with Gasteiger partial charge >= 0.3 is 0 Å². The van der Waals surface area contributed by atoms with Crippen LogP contribution in [-0.2, 0) is 71.2 Å². The minimum atomic E-state index is -0.597. The number of aryl methyl sites for hydroxylation is 2. The average Bonchev–Trinajstić information content (AvgIpc) is 1.68. The molecule has 2 atom stereocenters. The Morgan fingerprint density at radius 3 is 1.25 bits per heavy atom. The Morgan fingerprint density at radius 1 is 0.516 bits per heavy atom. The van der Waals surface area contributed by atoms with Gasteiger partial charge in [0.25, 0.3) is 28.1 Å². The predicted molar refractivity (Wildman–Crippen MR) is 353 cm³/mol. The number of aromatic hydroxyl groups is 2. The number of carbonyl (C=O) groups is 1. The third-order valence-corrected chi connectivity index (χ3v) is 14.6. The van der Waals surface area contributed by atoms with Crippen LogP contribution in [0.2, 0.25) is 0 Å². The molecule has 9 N–H and O–H groups in total. The second-order valence-corrected chi connectivity index (χ2v) is 20.7. The molecule has 504 valence electrons. The molecule has 0 saturated carbocycles. The number of rotatable bonds is 17. The number of amides is 1. The van der Waals surface area contributed by atoms with Gasteiger partial charge in [-0.1, -0.05) is 0 Å².